The number of aliphatic hydroxyl groups excluding tert-OH is 1. The second-order valence-electron chi connectivity index (χ2n) is 6.39. The number of nitrogens with one attached hydrogen (secondary N) is 1. The maximum atomic E-state index is 11.9. The third-order valence-electron chi connectivity index (χ3n) is 4.50. The van der Waals surface area contributed by atoms with E-state index in [2.05, 4.69) is 23.5 Å². The van der Waals surface area contributed by atoms with E-state index in [1.165, 1.54) is 24.8 Å². The molecule has 0 aliphatic heterocycles. The zero-order chi connectivity index (χ0) is 14.9. The zero-order valence-electron chi connectivity index (χ0n) is 13.0. The van der Waals surface area contributed by atoms with E-state index in [1.54, 1.807) is 0 Å². The van der Waals surface area contributed by atoms with Crippen molar-refractivity contribution >= 4 is 5.91 Å². The molecule has 1 amide bonds. The van der Waals surface area contributed by atoms with E-state index < -0.39 is 0 Å². The Labute approximate surface area is 128 Å². The van der Waals surface area contributed by atoms with Gasteiger partial charge in [-0.25, -0.2) is 0 Å². The van der Waals surface area contributed by atoms with Gasteiger partial charge in [0, 0.05) is 12.5 Å². The van der Waals surface area contributed by atoms with Crippen molar-refractivity contribution in [2.45, 2.75) is 82.8 Å². The predicted molar refractivity (Wildman–Crippen MR) is 85.9 cm³/mol. The molecule has 0 saturated heterocycles. The molecule has 2 aliphatic carbocycles. The SMILES string of the molecule is O=C(CCCCCC1=CCCC=C1)NC1CCC(O)CC1. The largest absolute Gasteiger partial charge is 0.393 e. The molecule has 0 bridgehead atoms. The fraction of sp³-hybridized carbons (Fsp3) is 0.722. The quantitative estimate of drug-likeness (QED) is 0.704. The van der Waals surface area contributed by atoms with Crippen LogP contribution >= 0.6 is 0 Å². The fourth-order valence-electron chi connectivity index (χ4n) is 3.16. The monoisotopic (exact) mass is 291 g/mol. The molecule has 0 aromatic rings. The smallest absolute Gasteiger partial charge is 0.220 e. The number of rotatable bonds is 7. The normalized spacial score (nSPS) is 25.5. The number of carbonyl (C=O) groups is 1. The summed E-state index contributed by atoms with van der Waals surface area (Å²) in [5, 5.41) is 12.6. The first-order valence-electron chi connectivity index (χ1n) is 8.57. The Balaban J connectivity index is 1.49. The highest BCUT2D eigenvalue weighted by atomic mass is 16.3. The second kappa shape index (κ2) is 9.04. The van der Waals surface area contributed by atoms with Gasteiger partial charge in [0.1, 0.15) is 0 Å². The topological polar surface area (TPSA) is 49.3 Å². The zero-order valence-corrected chi connectivity index (χ0v) is 13.0. The van der Waals surface area contributed by atoms with E-state index >= 15 is 0 Å². The molecule has 0 unspecified atom stereocenters. The summed E-state index contributed by atoms with van der Waals surface area (Å²) in [6.45, 7) is 0. The van der Waals surface area contributed by atoms with Crippen LogP contribution in [0, 0.1) is 0 Å². The van der Waals surface area contributed by atoms with Crippen LogP contribution in [0.4, 0.5) is 0 Å². The molecule has 118 valence electrons. The molecule has 2 rings (SSSR count). The second-order valence-corrected chi connectivity index (χ2v) is 6.39. The van der Waals surface area contributed by atoms with Crippen molar-refractivity contribution in [3.05, 3.63) is 23.8 Å². The molecule has 2 aliphatic rings. The number of hydrogen-bond acceptors (Lipinski definition) is 2. The minimum Gasteiger partial charge on any atom is -0.393 e. The Hall–Kier alpha value is -1.09. The maximum absolute atomic E-state index is 11.9. The fourth-order valence-corrected chi connectivity index (χ4v) is 3.16. The lowest BCUT2D eigenvalue weighted by Gasteiger charge is -2.26. The minimum absolute atomic E-state index is 0.152. The van der Waals surface area contributed by atoms with Crippen LogP contribution in [0.2, 0.25) is 0 Å². The molecule has 21 heavy (non-hydrogen) atoms. The number of amides is 1. The van der Waals surface area contributed by atoms with Gasteiger partial charge < -0.3 is 10.4 Å². The molecule has 3 nitrogen and oxygen atoms in total. The number of allylic oxidation sites excluding steroid dienone is 4. The first-order valence-corrected chi connectivity index (χ1v) is 8.57. The van der Waals surface area contributed by atoms with E-state index in [4.69, 9.17) is 0 Å². The van der Waals surface area contributed by atoms with E-state index in [-0.39, 0.29) is 12.0 Å². The average molecular weight is 291 g/mol. The molecule has 0 radical (unpaired) electrons. The van der Waals surface area contributed by atoms with Gasteiger partial charge in [0.05, 0.1) is 6.10 Å². The standard InChI is InChI=1S/C18H29NO2/c20-17-13-11-16(12-14-17)19-18(21)10-6-2-5-9-15-7-3-1-4-8-15/h3,7-8,16-17,20H,1-2,4-6,9-14H2,(H,19,21). The van der Waals surface area contributed by atoms with Gasteiger partial charge >= 0.3 is 0 Å². The molecular weight excluding hydrogens is 262 g/mol. The van der Waals surface area contributed by atoms with Crippen LogP contribution < -0.4 is 5.32 Å². The summed E-state index contributed by atoms with van der Waals surface area (Å²) in [5.74, 6) is 0.188. The third kappa shape index (κ3) is 6.47. The summed E-state index contributed by atoms with van der Waals surface area (Å²) < 4.78 is 0. The molecule has 0 heterocycles. The Morgan fingerprint density at radius 3 is 2.67 bits per heavy atom. The van der Waals surface area contributed by atoms with Crippen LogP contribution in [-0.2, 0) is 4.79 Å². The predicted octanol–water partition coefficient (Wildman–Crippen LogP) is 3.63. The van der Waals surface area contributed by atoms with Crippen LogP contribution in [0.15, 0.2) is 23.8 Å². The van der Waals surface area contributed by atoms with E-state index in [0.717, 1.165) is 44.9 Å². The maximum Gasteiger partial charge on any atom is 0.220 e. The van der Waals surface area contributed by atoms with Crippen LogP contribution in [0.25, 0.3) is 0 Å². The summed E-state index contributed by atoms with van der Waals surface area (Å²) in [5.41, 5.74) is 1.46. The Morgan fingerprint density at radius 1 is 1.14 bits per heavy atom. The van der Waals surface area contributed by atoms with Crippen LogP contribution in [0.1, 0.15) is 70.6 Å². The van der Waals surface area contributed by atoms with Crippen molar-refractivity contribution in [2.75, 3.05) is 0 Å². The van der Waals surface area contributed by atoms with E-state index in [9.17, 15) is 9.90 Å². The van der Waals surface area contributed by atoms with Crippen molar-refractivity contribution in [2.24, 2.45) is 0 Å². The summed E-state index contributed by atoms with van der Waals surface area (Å²) in [4.78, 5) is 11.9. The first kappa shape index (κ1) is 16.3. The molecule has 1 saturated carbocycles. The molecule has 0 aromatic carbocycles. The highest BCUT2D eigenvalue weighted by Gasteiger charge is 2.20. The van der Waals surface area contributed by atoms with Crippen molar-refractivity contribution in [1.82, 2.24) is 5.32 Å². The number of carbonyl (C=O) groups excluding carboxylic acids is 1. The molecule has 3 heteroatoms. The van der Waals surface area contributed by atoms with Gasteiger partial charge in [-0.05, 0) is 57.8 Å². The Morgan fingerprint density at radius 2 is 1.95 bits per heavy atom. The first-order chi connectivity index (χ1) is 10.2. The van der Waals surface area contributed by atoms with Crippen molar-refractivity contribution < 1.29 is 9.90 Å². The average Bonchev–Trinajstić information content (AvgIpc) is 2.50. The van der Waals surface area contributed by atoms with Crippen molar-refractivity contribution in [3.8, 4) is 0 Å². The highest BCUT2D eigenvalue weighted by molar-refractivity contribution is 5.76. The minimum atomic E-state index is -0.152. The van der Waals surface area contributed by atoms with Gasteiger partial charge in [0.15, 0.2) is 0 Å². The molecule has 0 atom stereocenters. The van der Waals surface area contributed by atoms with Crippen LogP contribution in [0.3, 0.4) is 0 Å². The Kier molecular flexibility index (Phi) is 7.01. The number of hydrogen-bond donors (Lipinski definition) is 2. The van der Waals surface area contributed by atoms with Gasteiger partial charge in [-0.2, -0.15) is 0 Å². The van der Waals surface area contributed by atoms with E-state index in [0.29, 0.717) is 12.5 Å². The van der Waals surface area contributed by atoms with Gasteiger partial charge in [-0.15, -0.1) is 0 Å². The number of unbranched alkanes of at least 4 members (excludes halogenated alkanes) is 2. The lowest BCUT2D eigenvalue weighted by molar-refractivity contribution is -0.122. The molecular formula is C18H29NO2. The molecule has 0 spiro atoms. The number of aliphatic hydroxyl groups is 1. The summed E-state index contributed by atoms with van der Waals surface area (Å²) in [7, 11) is 0. The van der Waals surface area contributed by atoms with Crippen molar-refractivity contribution in [3.63, 3.8) is 0 Å². The lowest BCUT2D eigenvalue weighted by atomic mass is 9.93. The van der Waals surface area contributed by atoms with Gasteiger partial charge in [0.25, 0.3) is 0 Å². The van der Waals surface area contributed by atoms with Crippen molar-refractivity contribution in [1.29, 1.82) is 0 Å². The third-order valence-corrected chi connectivity index (χ3v) is 4.50. The van der Waals surface area contributed by atoms with Gasteiger partial charge in [-0.3, -0.25) is 4.79 Å². The lowest BCUT2D eigenvalue weighted by Crippen LogP contribution is -2.38. The molecule has 0 aromatic heterocycles. The van der Waals surface area contributed by atoms with Crippen LogP contribution in [-0.4, -0.2) is 23.2 Å². The van der Waals surface area contributed by atoms with Gasteiger partial charge in [-0.1, -0.05) is 30.2 Å². The van der Waals surface area contributed by atoms with Crippen LogP contribution in [0.5, 0.6) is 0 Å². The van der Waals surface area contributed by atoms with E-state index in [1.807, 2.05) is 0 Å². The summed E-state index contributed by atoms with van der Waals surface area (Å²) in [6, 6.07) is 0.290. The summed E-state index contributed by atoms with van der Waals surface area (Å²) in [6.07, 6.45) is 17.6. The Bertz CT molecular complexity index is 379. The summed E-state index contributed by atoms with van der Waals surface area (Å²) >= 11 is 0. The molecule has 2 N–H and O–H groups in total. The van der Waals surface area contributed by atoms with Gasteiger partial charge in [0.2, 0.25) is 5.91 Å². The highest BCUT2D eigenvalue weighted by Crippen LogP contribution is 2.19. The molecule has 1 fully saturated rings.